The van der Waals surface area contributed by atoms with Crippen LogP contribution in [0.3, 0.4) is 0 Å². The summed E-state index contributed by atoms with van der Waals surface area (Å²) in [5, 5.41) is 13.3. The second kappa shape index (κ2) is 13.2. The highest BCUT2D eigenvalue weighted by Gasteiger charge is 2.59. The van der Waals surface area contributed by atoms with E-state index in [4.69, 9.17) is 4.98 Å². The molecule has 0 radical (unpaired) electrons. The van der Waals surface area contributed by atoms with Gasteiger partial charge in [-0.2, -0.15) is 0 Å². The summed E-state index contributed by atoms with van der Waals surface area (Å²) in [7, 11) is 0. The van der Waals surface area contributed by atoms with E-state index in [0.29, 0.717) is 23.8 Å². The number of likely N-dealkylation sites (tertiary alicyclic amines) is 1. The van der Waals surface area contributed by atoms with Gasteiger partial charge in [-0.1, -0.05) is 49.6 Å². The number of amides is 1. The first-order valence-electron chi connectivity index (χ1n) is 14.7. The van der Waals surface area contributed by atoms with Crippen molar-refractivity contribution in [2.24, 2.45) is 11.8 Å². The number of piperidine rings is 1. The second-order valence-electron chi connectivity index (χ2n) is 12.2. The highest BCUT2D eigenvalue weighted by atomic mass is 35.5. The number of aryl methyl sites for hydroxylation is 1. The zero-order valence-corrected chi connectivity index (χ0v) is 25.4. The molecule has 1 aromatic heterocycles. The van der Waals surface area contributed by atoms with Gasteiger partial charge in [0.15, 0.2) is 0 Å². The molecule has 3 fully saturated rings. The van der Waals surface area contributed by atoms with Crippen molar-refractivity contribution in [2.45, 2.75) is 75.8 Å². The highest BCUT2D eigenvalue weighted by molar-refractivity contribution is 7.11. The normalized spacial score (nSPS) is 30.9. The molecule has 4 N–H and O–H groups in total. The molecule has 1 aliphatic carbocycles. The molecule has 1 saturated carbocycles. The first-order valence-corrected chi connectivity index (χ1v) is 15.5. The maximum atomic E-state index is 14.7. The predicted octanol–water partition coefficient (Wildman–Crippen LogP) is -4.36. The maximum absolute atomic E-state index is 14.7. The largest absolute Gasteiger partial charge is 1.00 e. The lowest BCUT2D eigenvalue weighted by Gasteiger charge is -2.47. The van der Waals surface area contributed by atoms with E-state index in [-0.39, 0.29) is 42.8 Å². The van der Waals surface area contributed by atoms with Gasteiger partial charge < -0.3 is 45.0 Å². The molecule has 39 heavy (non-hydrogen) atoms. The van der Waals surface area contributed by atoms with E-state index < -0.39 is 0 Å². The van der Waals surface area contributed by atoms with E-state index in [1.165, 1.54) is 53.1 Å². The fourth-order valence-corrected chi connectivity index (χ4v) is 9.45. The van der Waals surface area contributed by atoms with Crippen LogP contribution in [0.4, 0.5) is 0 Å². The molecule has 2 saturated heterocycles. The molecule has 4 aliphatic rings. The number of nitrogens with zero attached hydrogens (tertiary/aromatic N) is 2. The number of rotatable bonds is 5. The molecule has 1 amide bonds. The maximum Gasteiger partial charge on any atom is 0.233 e. The van der Waals surface area contributed by atoms with Gasteiger partial charge in [0.1, 0.15) is 30.1 Å². The van der Waals surface area contributed by atoms with Gasteiger partial charge in [0.2, 0.25) is 5.91 Å². The van der Waals surface area contributed by atoms with Gasteiger partial charge in [-0.25, -0.2) is 4.98 Å². The number of carbonyl (C=O) groups excluding carboxylic acids is 1. The van der Waals surface area contributed by atoms with Gasteiger partial charge in [-0.15, -0.1) is 11.3 Å². The number of halogens is 2. The third-order valence-electron chi connectivity index (χ3n) is 9.97. The quantitative estimate of drug-likeness (QED) is 0.327. The van der Waals surface area contributed by atoms with Crippen molar-refractivity contribution in [3.8, 4) is 0 Å². The van der Waals surface area contributed by atoms with E-state index >= 15 is 0 Å². The zero-order valence-electron chi connectivity index (χ0n) is 23.1. The lowest BCUT2D eigenvalue weighted by atomic mass is 9.71. The number of thiazole rings is 1. The summed E-state index contributed by atoms with van der Waals surface area (Å²) >= 11 is 1.82. The van der Waals surface area contributed by atoms with Gasteiger partial charge in [-0.05, 0) is 50.0 Å². The van der Waals surface area contributed by atoms with E-state index in [9.17, 15) is 9.90 Å². The van der Waals surface area contributed by atoms with Crippen LogP contribution < -0.4 is 35.0 Å². The monoisotopic (exact) mass is 594 g/mol. The SMILES string of the molecule is Cc1nc2c(s1)[C@@]1(C[NH2+]CC1C(=O)N1CC[C@@H](c3ccccc3)C[C@H]1C1CCCCC1)C[NH+](CCO)C2.[Cl-].[Cl-]. The lowest BCUT2D eigenvalue weighted by Crippen LogP contribution is -3.14. The molecule has 2 unspecified atom stereocenters. The number of quaternary nitrogens is 2. The molecule has 4 heterocycles. The summed E-state index contributed by atoms with van der Waals surface area (Å²) < 4.78 is 0. The van der Waals surface area contributed by atoms with Crippen LogP contribution in [0.5, 0.6) is 0 Å². The summed E-state index contributed by atoms with van der Waals surface area (Å²) in [5.74, 6) is 1.59. The summed E-state index contributed by atoms with van der Waals surface area (Å²) in [6, 6.07) is 11.4. The van der Waals surface area contributed by atoms with Gasteiger partial charge in [0.25, 0.3) is 0 Å². The third-order valence-corrected chi connectivity index (χ3v) is 11.2. The molecule has 3 aliphatic heterocycles. The Kier molecular flexibility index (Phi) is 10.4. The number of fused-ring (bicyclic) bond motifs is 2. The van der Waals surface area contributed by atoms with Crippen molar-refractivity contribution in [1.82, 2.24) is 9.88 Å². The Bertz CT molecular complexity index is 1100. The molecule has 0 bridgehead atoms. The fraction of sp³-hybridized carbons (Fsp3) is 0.667. The van der Waals surface area contributed by atoms with E-state index in [2.05, 4.69) is 47.5 Å². The number of aromatic nitrogens is 1. The number of aliphatic hydroxyl groups excluding tert-OH is 1. The van der Waals surface area contributed by atoms with Crippen LogP contribution in [0.2, 0.25) is 0 Å². The van der Waals surface area contributed by atoms with Crippen molar-refractivity contribution >= 4 is 17.2 Å². The van der Waals surface area contributed by atoms with Crippen molar-refractivity contribution < 1.29 is 44.9 Å². The molecule has 5 atom stereocenters. The first-order chi connectivity index (χ1) is 18.1. The smallest absolute Gasteiger partial charge is 0.233 e. The minimum Gasteiger partial charge on any atom is -1.00 e. The molecule has 216 valence electrons. The van der Waals surface area contributed by atoms with Crippen LogP contribution >= 0.6 is 11.3 Å². The average Bonchev–Trinajstić information content (AvgIpc) is 3.52. The van der Waals surface area contributed by atoms with Gasteiger partial charge in [-0.3, -0.25) is 4.79 Å². The molecule has 1 spiro atoms. The van der Waals surface area contributed by atoms with Crippen LogP contribution in [-0.4, -0.2) is 66.3 Å². The number of hydrogen-bond donors (Lipinski definition) is 3. The number of hydrogen-bond acceptors (Lipinski definition) is 4. The van der Waals surface area contributed by atoms with Crippen molar-refractivity contribution in [2.75, 3.05) is 39.3 Å². The minimum absolute atomic E-state index is 0. The highest BCUT2D eigenvalue weighted by Crippen LogP contribution is 2.44. The van der Waals surface area contributed by atoms with Gasteiger partial charge in [0, 0.05) is 12.6 Å². The Morgan fingerprint density at radius 3 is 2.69 bits per heavy atom. The Labute approximate surface area is 249 Å². The van der Waals surface area contributed by atoms with E-state index in [1.807, 2.05) is 11.3 Å². The number of aliphatic hydroxyl groups is 1. The zero-order chi connectivity index (χ0) is 25.4. The summed E-state index contributed by atoms with van der Waals surface area (Å²) in [6.07, 6.45) is 8.67. The van der Waals surface area contributed by atoms with Crippen molar-refractivity contribution in [1.29, 1.82) is 0 Å². The van der Waals surface area contributed by atoms with Crippen LogP contribution in [0.25, 0.3) is 0 Å². The van der Waals surface area contributed by atoms with E-state index in [0.717, 1.165) is 57.1 Å². The standard InChI is InChI=1S/C30H42N4O2S.2ClH/c1-21-32-26-18-33(14-15-35)20-30(28(26)37-21)19-31-17-25(30)29(36)34-13-12-24(22-8-4-2-5-9-22)16-27(34)23-10-6-3-7-11-23;;/h2,4-5,8-9,23-25,27,31,35H,3,6-7,10-20H2,1H3;2*1H/t24-,25?,27+,30+;;/m1../s1. The Hall–Kier alpha value is -1.22. The van der Waals surface area contributed by atoms with Crippen molar-refractivity contribution in [3.63, 3.8) is 0 Å². The number of benzene rings is 1. The summed E-state index contributed by atoms with van der Waals surface area (Å²) in [5.41, 5.74) is 2.47. The Balaban J connectivity index is 0.00000176. The molecule has 9 heteroatoms. The topological polar surface area (TPSA) is 74.5 Å². The first kappa shape index (κ1) is 30.7. The van der Waals surface area contributed by atoms with Crippen LogP contribution in [-0.2, 0) is 16.8 Å². The predicted molar refractivity (Wildman–Crippen MR) is 146 cm³/mol. The molecule has 6 rings (SSSR count). The summed E-state index contributed by atoms with van der Waals surface area (Å²) in [4.78, 5) is 24.7. The molecular formula is C30H44Cl2N4O2S. The lowest BCUT2D eigenvalue weighted by molar-refractivity contribution is -0.922. The summed E-state index contributed by atoms with van der Waals surface area (Å²) in [6.45, 7) is 7.53. The fourth-order valence-electron chi connectivity index (χ4n) is 8.26. The number of nitrogens with one attached hydrogen (secondary N) is 1. The molecule has 6 nitrogen and oxygen atoms in total. The number of nitrogens with two attached hydrogens (primary N) is 1. The second-order valence-corrected chi connectivity index (χ2v) is 13.4. The van der Waals surface area contributed by atoms with Gasteiger partial charge in [0.05, 0.1) is 36.1 Å². The molecule has 1 aromatic carbocycles. The minimum atomic E-state index is -0.158. The molecule has 2 aromatic rings. The van der Waals surface area contributed by atoms with Gasteiger partial charge >= 0.3 is 0 Å². The van der Waals surface area contributed by atoms with Crippen LogP contribution in [0, 0.1) is 18.8 Å². The average molecular weight is 596 g/mol. The Morgan fingerprint density at radius 2 is 1.95 bits per heavy atom. The van der Waals surface area contributed by atoms with Crippen molar-refractivity contribution in [3.05, 3.63) is 51.5 Å². The third kappa shape index (κ3) is 5.91. The molecular weight excluding hydrogens is 551 g/mol. The van der Waals surface area contributed by atoms with Crippen LogP contribution in [0.15, 0.2) is 30.3 Å². The van der Waals surface area contributed by atoms with Crippen LogP contribution in [0.1, 0.15) is 72.0 Å². The van der Waals surface area contributed by atoms with E-state index in [1.54, 1.807) is 0 Å². The Morgan fingerprint density at radius 1 is 1.18 bits per heavy atom. The number of carbonyl (C=O) groups is 1.